The summed E-state index contributed by atoms with van der Waals surface area (Å²) in [5.74, 6) is 0.971. The number of hydrogen-bond acceptors (Lipinski definition) is 4. The number of carbonyl (C=O) groups is 1. The molecule has 0 saturated heterocycles. The van der Waals surface area contributed by atoms with E-state index in [0.717, 1.165) is 35.7 Å². The maximum atomic E-state index is 12.5. The largest absolute Gasteiger partial charge is 0.333 e. The van der Waals surface area contributed by atoms with Gasteiger partial charge in [-0.1, -0.05) is 12.1 Å². The fraction of sp³-hybridized carbons (Fsp3) is 0.333. The minimum Gasteiger partial charge on any atom is -0.333 e. The molecule has 2 aromatic heterocycles. The lowest BCUT2D eigenvalue weighted by atomic mass is 10.1. The van der Waals surface area contributed by atoms with Crippen LogP contribution in [0.5, 0.6) is 0 Å². The Bertz CT molecular complexity index is 943. The average Bonchev–Trinajstić information content (AvgIpc) is 3.20. The number of benzene rings is 1. The number of para-hydroxylation sites is 2. The molecule has 1 aliphatic heterocycles. The molecule has 26 heavy (non-hydrogen) atoms. The van der Waals surface area contributed by atoms with Gasteiger partial charge in [0.15, 0.2) is 0 Å². The lowest BCUT2D eigenvalue weighted by molar-refractivity contribution is 0.243. The van der Waals surface area contributed by atoms with Crippen LogP contribution in [0, 0.1) is 13.8 Å². The molecule has 4 rings (SSSR count). The Morgan fingerprint density at radius 3 is 2.92 bits per heavy atom. The first kappa shape index (κ1) is 16.3. The second-order valence-corrected chi connectivity index (χ2v) is 6.55. The van der Waals surface area contributed by atoms with Crippen molar-refractivity contribution in [3.63, 3.8) is 0 Å². The van der Waals surface area contributed by atoms with Gasteiger partial charge in [0.25, 0.3) is 0 Å². The minimum absolute atomic E-state index is 0.0325. The molecule has 0 fully saturated rings. The molecular weight excluding hydrogens is 330 g/mol. The van der Waals surface area contributed by atoms with E-state index in [2.05, 4.69) is 25.8 Å². The Kier molecular flexibility index (Phi) is 4.16. The van der Waals surface area contributed by atoms with Crippen LogP contribution in [0.25, 0.3) is 5.69 Å². The van der Waals surface area contributed by atoms with Gasteiger partial charge in [0.2, 0.25) is 0 Å². The van der Waals surface area contributed by atoms with Gasteiger partial charge in [0, 0.05) is 12.1 Å². The van der Waals surface area contributed by atoms with E-state index in [1.54, 1.807) is 6.33 Å². The predicted molar refractivity (Wildman–Crippen MR) is 97.3 cm³/mol. The van der Waals surface area contributed by atoms with Crippen molar-refractivity contribution in [2.45, 2.75) is 39.3 Å². The van der Waals surface area contributed by atoms with Gasteiger partial charge in [-0.3, -0.25) is 0 Å². The first-order valence-corrected chi connectivity index (χ1v) is 8.67. The zero-order chi connectivity index (χ0) is 18.1. The summed E-state index contributed by atoms with van der Waals surface area (Å²) in [5, 5.41) is 14.7. The van der Waals surface area contributed by atoms with Crippen LogP contribution in [0.2, 0.25) is 0 Å². The highest BCUT2D eigenvalue weighted by molar-refractivity contribution is 5.91. The molecule has 0 bridgehead atoms. The van der Waals surface area contributed by atoms with Crippen molar-refractivity contribution in [2.24, 2.45) is 0 Å². The highest BCUT2D eigenvalue weighted by Gasteiger charge is 2.21. The van der Waals surface area contributed by atoms with E-state index < -0.39 is 0 Å². The second-order valence-electron chi connectivity index (χ2n) is 6.55. The van der Waals surface area contributed by atoms with E-state index in [1.165, 1.54) is 0 Å². The molecule has 8 heteroatoms. The number of nitrogens with zero attached hydrogens (tertiary/aromatic N) is 5. The predicted octanol–water partition coefficient (Wildman–Crippen LogP) is 2.22. The first-order valence-electron chi connectivity index (χ1n) is 8.67. The molecule has 2 N–H and O–H groups in total. The first-order chi connectivity index (χ1) is 12.6. The number of amides is 2. The van der Waals surface area contributed by atoms with Crippen molar-refractivity contribution in [2.75, 3.05) is 5.32 Å². The lowest BCUT2D eigenvalue weighted by Gasteiger charge is -2.24. The van der Waals surface area contributed by atoms with Gasteiger partial charge < -0.3 is 10.6 Å². The fourth-order valence-corrected chi connectivity index (χ4v) is 3.34. The highest BCUT2D eigenvalue weighted by atomic mass is 16.2. The number of carbonyl (C=O) groups excluding carboxylic acids is 1. The summed E-state index contributed by atoms with van der Waals surface area (Å²) >= 11 is 0. The summed E-state index contributed by atoms with van der Waals surface area (Å²) in [4.78, 5) is 16.7. The van der Waals surface area contributed by atoms with Crippen LogP contribution in [0.1, 0.15) is 23.6 Å². The molecule has 0 spiro atoms. The van der Waals surface area contributed by atoms with Crippen LogP contribution in [0.3, 0.4) is 0 Å². The topological polar surface area (TPSA) is 89.7 Å². The number of hydrogen-bond donors (Lipinski definition) is 2. The molecule has 3 aromatic rings. The summed E-state index contributed by atoms with van der Waals surface area (Å²) in [6, 6.07) is 9.46. The fourth-order valence-electron chi connectivity index (χ4n) is 3.34. The maximum absolute atomic E-state index is 12.5. The zero-order valence-corrected chi connectivity index (χ0v) is 14.8. The minimum atomic E-state index is -0.229. The molecule has 8 nitrogen and oxygen atoms in total. The van der Waals surface area contributed by atoms with Crippen molar-refractivity contribution >= 4 is 11.7 Å². The van der Waals surface area contributed by atoms with Crippen molar-refractivity contribution in [1.29, 1.82) is 0 Å². The molecule has 1 atom stereocenters. The standard InChI is InChI=1S/C18H21N7O/c1-12-9-13(2)25(23-12)16-6-4-3-5-15(16)22-18(26)21-14-7-8-17-19-11-20-24(17)10-14/h3-6,9,11,14H,7-8,10H2,1-2H3,(H2,21,22,26)/t14-/m1/s1. The van der Waals surface area contributed by atoms with Crippen molar-refractivity contribution in [3.05, 3.63) is 53.9 Å². The van der Waals surface area contributed by atoms with E-state index >= 15 is 0 Å². The molecule has 1 aromatic carbocycles. The number of fused-ring (bicyclic) bond motifs is 1. The van der Waals surface area contributed by atoms with Crippen molar-refractivity contribution in [3.8, 4) is 5.69 Å². The third kappa shape index (κ3) is 3.17. The van der Waals surface area contributed by atoms with Gasteiger partial charge in [-0.05, 0) is 38.5 Å². The van der Waals surface area contributed by atoms with E-state index in [0.29, 0.717) is 12.2 Å². The maximum Gasteiger partial charge on any atom is 0.319 e. The highest BCUT2D eigenvalue weighted by Crippen LogP contribution is 2.21. The summed E-state index contributed by atoms with van der Waals surface area (Å²) in [7, 11) is 0. The molecule has 2 amide bonds. The number of urea groups is 1. The summed E-state index contributed by atoms with van der Waals surface area (Å²) in [5.41, 5.74) is 3.51. The number of aromatic nitrogens is 5. The van der Waals surface area contributed by atoms with Crippen LogP contribution in [-0.2, 0) is 13.0 Å². The van der Waals surface area contributed by atoms with Crippen LogP contribution < -0.4 is 10.6 Å². The number of rotatable bonds is 3. The SMILES string of the molecule is Cc1cc(C)n(-c2ccccc2NC(=O)N[C@@H]2CCc3ncnn3C2)n1. The number of nitrogens with one attached hydrogen (secondary N) is 2. The Balaban J connectivity index is 1.48. The summed E-state index contributed by atoms with van der Waals surface area (Å²) in [6.45, 7) is 4.59. The quantitative estimate of drug-likeness (QED) is 0.757. The molecule has 0 unspecified atom stereocenters. The van der Waals surface area contributed by atoms with E-state index in [1.807, 2.05) is 53.5 Å². The summed E-state index contributed by atoms with van der Waals surface area (Å²) in [6.07, 6.45) is 3.22. The van der Waals surface area contributed by atoms with Gasteiger partial charge in [-0.25, -0.2) is 19.1 Å². The van der Waals surface area contributed by atoms with Crippen molar-refractivity contribution in [1.82, 2.24) is 29.9 Å². The smallest absolute Gasteiger partial charge is 0.319 e. The molecular formula is C18H21N7O. The van der Waals surface area contributed by atoms with Gasteiger partial charge in [0.05, 0.1) is 29.7 Å². The van der Waals surface area contributed by atoms with Crippen LogP contribution >= 0.6 is 0 Å². The molecule has 1 aliphatic rings. The molecule has 0 saturated carbocycles. The lowest BCUT2D eigenvalue weighted by Crippen LogP contribution is -2.43. The molecule has 134 valence electrons. The average molecular weight is 351 g/mol. The molecule has 0 radical (unpaired) electrons. The van der Waals surface area contributed by atoms with E-state index in [4.69, 9.17) is 0 Å². The van der Waals surface area contributed by atoms with E-state index in [-0.39, 0.29) is 12.1 Å². The Morgan fingerprint density at radius 2 is 2.12 bits per heavy atom. The van der Waals surface area contributed by atoms with E-state index in [9.17, 15) is 4.79 Å². The van der Waals surface area contributed by atoms with Crippen molar-refractivity contribution < 1.29 is 4.79 Å². The third-order valence-electron chi connectivity index (χ3n) is 4.53. The van der Waals surface area contributed by atoms with Gasteiger partial charge >= 0.3 is 6.03 Å². The molecule has 3 heterocycles. The molecule has 0 aliphatic carbocycles. The summed E-state index contributed by atoms with van der Waals surface area (Å²) < 4.78 is 3.69. The zero-order valence-electron chi connectivity index (χ0n) is 14.8. The van der Waals surface area contributed by atoms with Gasteiger partial charge in [-0.15, -0.1) is 0 Å². The number of aryl methyl sites for hydroxylation is 3. The Morgan fingerprint density at radius 1 is 1.27 bits per heavy atom. The monoisotopic (exact) mass is 351 g/mol. The normalized spacial score (nSPS) is 16.2. The van der Waals surface area contributed by atoms with Gasteiger partial charge in [-0.2, -0.15) is 10.2 Å². The van der Waals surface area contributed by atoms with Gasteiger partial charge in [0.1, 0.15) is 12.2 Å². The van der Waals surface area contributed by atoms with Crippen LogP contribution in [0.15, 0.2) is 36.7 Å². The Labute approximate surface area is 151 Å². The number of anilines is 1. The van der Waals surface area contributed by atoms with Crippen LogP contribution in [0.4, 0.5) is 10.5 Å². The second kappa shape index (κ2) is 6.62. The Hall–Kier alpha value is -3.16. The third-order valence-corrected chi connectivity index (χ3v) is 4.53. The van der Waals surface area contributed by atoms with Crippen LogP contribution in [-0.4, -0.2) is 36.6 Å².